The molecule has 23 heavy (non-hydrogen) atoms. The number of hydrogen-bond donors (Lipinski definition) is 0. The number of carbonyl (C=O) groups is 1. The predicted molar refractivity (Wildman–Crippen MR) is 84.1 cm³/mol. The van der Waals surface area contributed by atoms with Crippen molar-refractivity contribution in [2.45, 2.75) is 19.5 Å². The van der Waals surface area contributed by atoms with Gasteiger partial charge >= 0.3 is 6.09 Å². The molecule has 2 aliphatic rings. The molecule has 2 aliphatic heterocycles. The molecule has 1 saturated heterocycles. The Morgan fingerprint density at radius 1 is 1.22 bits per heavy atom. The second kappa shape index (κ2) is 6.00. The van der Waals surface area contributed by atoms with Crippen molar-refractivity contribution in [3.05, 3.63) is 42.0 Å². The van der Waals surface area contributed by atoms with Gasteiger partial charge in [0, 0.05) is 19.6 Å². The van der Waals surface area contributed by atoms with E-state index >= 15 is 0 Å². The molecule has 0 radical (unpaired) electrons. The number of rotatable bonds is 4. The Labute approximate surface area is 134 Å². The van der Waals surface area contributed by atoms with Crippen molar-refractivity contribution in [1.82, 2.24) is 19.7 Å². The predicted octanol–water partition coefficient (Wildman–Crippen LogP) is 1.29. The number of carbonyl (C=O) groups excluding carboxylic acids is 1. The first-order chi connectivity index (χ1) is 11.3. The van der Waals surface area contributed by atoms with Gasteiger partial charge in [0.05, 0.1) is 18.8 Å². The number of ether oxygens (including phenoxy) is 1. The molecule has 0 saturated carbocycles. The average Bonchev–Trinajstić information content (AvgIpc) is 3.23. The zero-order valence-corrected chi connectivity index (χ0v) is 12.9. The Bertz CT molecular complexity index is 701. The molecule has 1 fully saturated rings. The van der Waals surface area contributed by atoms with E-state index in [4.69, 9.17) is 4.74 Å². The molecule has 0 bridgehead atoms. The topological polar surface area (TPSA) is 63.5 Å². The molecule has 1 aromatic heterocycles. The Morgan fingerprint density at radius 2 is 2.17 bits per heavy atom. The number of anilines is 1. The molecule has 0 spiro atoms. The zero-order chi connectivity index (χ0) is 15.6. The molecule has 0 atom stereocenters. The summed E-state index contributed by atoms with van der Waals surface area (Å²) in [6.07, 6.45) is 4.03. The SMILES string of the molecule is O=C1OCCN1c1cccc2c1CCN(CCn1cncn1)C2. The van der Waals surface area contributed by atoms with E-state index in [2.05, 4.69) is 21.0 Å². The number of cyclic esters (lactones) is 1. The number of hydrogen-bond acceptors (Lipinski definition) is 5. The largest absolute Gasteiger partial charge is 0.447 e. The van der Waals surface area contributed by atoms with E-state index in [0.29, 0.717) is 13.2 Å². The van der Waals surface area contributed by atoms with Crippen LogP contribution in [0.1, 0.15) is 11.1 Å². The van der Waals surface area contributed by atoms with Crippen LogP contribution in [0, 0.1) is 0 Å². The van der Waals surface area contributed by atoms with Crippen molar-refractivity contribution in [3.63, 3.8) is 0 Å². The van der Waals surface area contributed by atoms with Crippen LogP contribution in [0.15, 0.2) is 30.9 Å². The summed E-state index contributed by atoms with van der Waals surface area (Å²) in [5.74, 6) is 0. The van der Waals surface area contributed by atoms with Crippen LogP contribution in [0.5, 0.6) is 0 Å². The van der Waals surface area contributed by atoms with Crippen LogP contribution >= 0.6 is 0 Å². The first-order valence-corrected chi connectivity index (χ1v) is 7.91. The van der Waals surface area contributed by atoms with Gasteiger partial charge in [0.1, 0.15) is 19.3 Å². The maximum absolute atomic E-state index is 11.8. The quantitative estimate of drug-likeness (QED) is 0.851. The van der Waals surface area contributed by atoms with Crippen LogP contribution in [0.4, 0.5) is 10.5 Å². The average molecular weight is 313 g/mol. The second-order valence-corrected chi connectivity index (χ2v) is 5.87. The third kappa shape index (κ3) is 2.79. The van der Waals surface area contributed by atoms with E-state index in [0.717, 1.165) is 38.3 Å². The number of benzene rings is 1. The lowest BCUT2D eigenvalue weighted by Gasteiger charge is -2.31. The van der Waals surface area contributed by atoms with Gasteiger partial charge in [-0.2, -0.15) is 5.10 Å². The molecule has 7 heteroatoms. The Hall–Kier alpha value is -2.41. The number of fused-ring (bicyclic) bond motifs is 1. The summed E-state index contributed by atoms with van der Waals surface area (Å²) < 4.78 is 6.93. The van der Waals surface area contributed by atoms with Gasteiger partial charge < -0.3 is 4.74 Å². The van der Waals surface area contributed by atoms with Crippen LogP contribution < -0.4 is 4.90 Å². The third-order valence-corrected chi connectivity index (χ3v) is 4.48. The van der Waals surface area contributed by atoms with Crippen LogP contribution in [0.3, 0.4) is 0 Å². The molecule has 1 aromatic carbocycles. The second-order valence-electron chi connectivity index (χ2n) is 5.87. The Morgan fingerprint density at radius 3 is 2.96 bits per heavy atom. The number of nitrogens with zero attached hydrogens (tertiary/aromatic N) is 5. The fourth-order valence-electron chi connectivity index (χ4n) is 3.30. The monoisotopic (exact) mass is 313 g/mol. The third-order valence-electron chi connectivity index (χ3n) is 4.48. The van der Waals surface area contributed by atoms with Gasteiger partial charge in [0.15, 0.2) is 0 Å². The molecule has 3 heterocycles. The zero-order valence-electron chi connectivity index (χ0n) is 12.9. The van der Waals surface area contributed by atoms with Crippen molar-refractivity contribution in [1.29, 1.82) is 0 Å². The van der Waals surface area contributed by atoms with Crippen LogP contribution in [-0.2, 0) is 24.2 Å². The number of amides is 1. The Kier molecular flexibility index (Phi) is 3.70. The first-order valence-electron chi connectivity index (χ1n) is 7.91. The highest BCUT2D eigenvalue weighted by Crippen LogP contribution is 2.30. The smallest absolute Gasteiger partial charge is 0.414 e. The lowest BCUT2D eigenvalue weighted by atomic mass is 9.97. The summed E-state index contributed by atoms with van der Waals surface area (Å²) in [7, 11) is 0. The maximum atomic E-state index is 11.8. The molecule has 0 unspecified atom stereocenters. The number of aromatic nitrogens is 3. The summed E-state index contributed by atoms with van der Waals surface area (Å²) in [4.78, 5) is 20.0. The van der Waals surface area contributed by atoms with E-state index in [1.807, 2.05) is 16.8 Å². The lowest BCUT2D eigenvalue weighted by Crippen LogP contribution is -2.35. The van der Waals surface area contributed by atoms with Gasteiger partial charge in [-0.3, -0.25) is 14.5 Å². The van der Waals surface area contributed by atoms with Crippen molar-refractivity contribution in [2.24, 2.45) is 0 Å². The van der Waals surface area contributed by atoms with Crippen molar-refractivity contribution in [2.75, 3.05) is 31.1 Å². The summed E-state index contributed by atoms with van der Waals surface area (Å²) in [6, 6.07) is 6.21. The van der Waals surface area contributed by atoms with Gasteiger partial charge in [0.25, 0.3) is 0 Å². The highest BCUT2D eigenvalue weighted by Gasteiger charge is 2.28. The molecule has 1 amide bonds. The van der Waals surface area contributed by atoms with Gasteiger partial charge in [-0.15, -0.1) is 0 Å². The van der Waals surface area contributed by atoms with Gasteiger partial charge in [0.2, 0.25) is 0 Å². The summed E-state index contributed by atoms with van der Waals surface area (Å²) >= 11 is 0. The molecular weight excluding hydrogens is 294 g/mol. The van der Waals surface area contributed by atoms with Gasteiger partial charge in [-0.05, 0) is 23.6 Å². The Balaban J connectivity index is 1.48. The van der Waals surface area contributed by atoms with Crippen LogP contribution in [0.25, 0.3) is 0 Å². The van der Waals surface area contributed by atoms with Crippen molar-refractivity contribution in [3.8, 4) is 0 Å². The van der Waals surface area contributed by atoms with E-state index < -0.39 is 0 Å². The fraction of sp³-hybridized carbons (Fsp3) is 0.438. The molecule has 2 aromatic rings. The maximum Gasteiger partial charge on any atom is 0.414 e. The molecule has 4 rings (SSSR count). The van der Waals surface area contributed by atoms with Gasteiger partial charge in [-0.1, -0.05) is 12.1 Å². The van der Waals surface area contributed by atoms with E-state index in [1.165, 1.54) is 11.1 Å². The van der Waals surface area contributed by atoms with Crippen molar-refractivity contribution < 1.29 is 9.53 Å². The highest BCUT2D eigenvalue weighted by atomic mass is 16.6. The van der Waals surface area contributed by atoms with Crippen molar-refractivity contribution >= 4 is 11.8 Å². The minimum atomic E-state index is -0.230. The van der Waals surface area contributed by atoms with Crippen LogP contribution in [-0.4, -0.2) is 52.0 Å². The van der Waals surface area contributed by atoms with E-state index in [9.17, 15) is 4.79 Å². The summed E-state index contributed by atoms with van der Waals surface area (Å²) in [5.41, 5.74) is 3.59. The molecule has 7 nitrogen and oxygen atoms in total. The van der Waals surface area contributed by atoms with Crippen LogP contribution in [0.2, 0.25) is 0 Å². The lowest BCUT2D eigenvalue weighted by molar-refractivity contribution is 0.181. The molecule has 0 aliphatic carbocycles. The summed E-state index contributed by atoms with van der Waals surface area (Å²) in [5, 5.41) is 4.14. The normalized spacial score (nSPS) is 18.1. The summed E-state index contributed by atoms with van der Waals surface area (Å²) in [6.45, 7) is 4.80. The van der Waals surface area contributed by atoms with E-state index in [1.54, 1.807) is 17.6 Å². The first kappa shape index (κ1) is 14.2. The molecular formula is C16H19N5O2. The minimum absolute atomic E-state index is 0.230. The molecule has 0 N–H and O–H groups in total. The van der Waals surface area contributed by atoms with E-state index in [-0.39, 0.29) is 6.09 Å². The fourth-order valence-corrected chi connectivity index (χ4v) is 3.30. The minimum Gasteiger partial charge on any atom is -0.447 e. The highest BCUT2D eigenvalue weighted by molar-refractivity contribution is 5.90. The molecule has 120 valence electrons. The van der Waals surface area contributed by atoms with Gasteiger partial charge in [-0.25, -0.2) is 9.78 Å². The standard InChI is InChI=1S/C16H19N5O2/c22-16-21(8-9-23-16)15-3-1-2-13-10-19(5-4-14(13)15)6-7-20-12-17-11-18-20/h1-3,11-12H,4-10H2.